The first-order valence-electron chi connectivity index (χ1n) is 19.3. The Morgan fingerprint density at radius 3 is 1.32 bits per heavy atom. The highest BCUT2D eigenvalue weighted by Crippen LogP contribution is 2.40. The quantitative estimate of drug-likeness (QED) is 0.0401. The van der Waals surface area contributed by atoms with Gasteiger partial charge in [-0.2, -0.15) is 0 Å². The second-order valence-corrected chi connectivity index (χ2v) is 25.6. The molecule has 18 heteroatoms. The van der Waals surface area contributed by atoms with Gasteiger partial charge in [0.25, 0.3) is 0 Å². The molecule has 0 aromatic carbocycles. The van der Waals surface area contributed by atoms with Gasteiger partial charge in [0.2, 0.25) is 0 Å². The van der Waals surface area contributed by atoms with Crippen LogP contribution in [0.15, 0.2) is 0 Å². The largest absolute Gasteiger partial charge is 0.500 e. The molecule has 3 rings (SSSR count). The lowest BCUT2D eigenvalue weighted by Crippen LogP contribution is -2.72. The molecule has 3 aliphatic heterocycles. The zero-order valence-electron chi connectivity index (χ0n) is 34.8. The van der Waals surface area contributed by atoms with E-state index in [-0.39, 0.29) is 20.0 Å². The van der Waals surface area contributed by atoms with Crippen LogP contribution in [0.3, 0.4) is 0 Å². The highest BCUT2D eigenvalue weighted by atomic mass is 28.5. The molecule has 0 aromatic heterocycles. The van der Waals surface area contributed by atoms with E-state index in [0.717, 1.165) is 74.9 Å². The highest BCUT2D eigenvalue weighted by molar-refractivity contribution is 6.88. The van der Waals surface area contributed by atoms with Crippen molar-refractivity contribution in [3.63, 3.8) is 0 Å². The van der Waals surface area contributed by atoms with Crippen LogP contribution < -0.4 is 0 Å². The molecule has 320 valence electrons. The maximum Gasteiger partial charge on any atom is 0.500 e. The Balaban J connectivity index is 0.000000794. The lowest BCUT2D eigenvalue weighted by molar-refractivity contribution is 0.0245. The average Bonchev–Trinajstić information content (AvgIpc) is 4.11. The zero-order chi connectivity index (χ0) is 38.9. The third-order valence-electron chi connectivity index (χ3n) is 9.84. The molecule has 3 heterocycles. The lowest BCUT2D eigenvalue weighted by Gasteiger charge is -2.49. The molecule has 0 bridgehead atoms. The lowest BCUT2D eigenvalue weighted by atomic mass is 9.98. The number of ether oxygens (including phenoxy) is 4. The van der Waals surface area contributed by atoms with Crippen LogP contribution in [0.25, 0.3) is 0 Å². The fraction of sp³-hybridized carbons (Fsp3) is 1.00. The van der Waals surface area contributed by atoms with E-state index in [4.69, 9.17) is 62.6 Å². The van der Waals surface area contributed by atoms with Crippen LogP contribution in [-0.4, -0.2) is 131 Å². The number of hydrogen-bond donors (Lipinski definition) is 0. The standard InChI is InChI=1S/C15H32O6Si2.C11H26O3Si.C8H18O5Si.CH4/c1-5-8-14(6-2)9-12-23(17-4)20-22(16-3,21-23)11-7-10-18-15-13-19-15;1-6-8-11(7-2)9-10-15(12-3,13-4)14-5;1-9-14(10-2,11-3)6-4-5-12-8-7-13-8;/h14-15H,5-13H2,1-4H3;11H,6-10H2,1-5H3;8H,4-7H2,1-3H3;1H4. The fourth-order valence-corrected chi connectivity index (χ4v) is 18.3. The summed E-state index contributed by atoms with van der Waals surface area (Å²) in [6.45, 7) is 11.7. The molecule has 0 saturated carbocycles. The fourth-order valence-electron chi connectivity index (χ4n) is 6.13. The Morgan fingerprint density at radius 1 is 0.547 bits per heavy atom. The van der Waals surface area contributed by atoms with Gasteiger partial charge < -0.3 is 62.6 Å². The van der Waals surface area contributed by atoms with Gasteiger partial charge in [0.15, 0.2) is 12.6 Å². The minimum absolute atomic E-state index is 0. The van der Waals surface area contributed by atoms with Gasteiger partial charge in [0.05, 0.1) is 0 Å². The first-order valence-corrected chi connectivity index (χ1v) is 27.0. The topological polar surface area (TPSA) is 136 Å². The van der Waals surface area contributed by atoms with E-state index in [1.165, 1.54) is 38.5 Å². The molecule has 0 aliphatic carbocycles. The van der Waals surface area contributed by atoms with E-state index in [1.54, 1.807) is 56.9 Å². The normalized spacial score (nSPS) is 24.5. The second-order valence-electron chi connectivity index (χ2n) is 13.2. The Bertz CT molecular complexity index is 844. The molecule has 53 heavy (non-hydrogen) atoms. The van der Waals surface area contributed by atoms with E-state index < -0.39 is 35.2 Å². The van der Waals surface area contributed by atoms with Gasteiger partial charge in [-0.15, -0.1) is 0 Å². The van der Waals surface area contributed by atoms with E-state index >= 15 is 0 Å². The maximum atomic E-state index is 6.23. The van der Waals surface area contributed by atoms with Crippen LogP contribution >= 0.6 is 0 Å². The minimum atomic E-state index is -2.51. The van der Waals surface area contributed by atoms with Crippen LogP contribution in [0.2, 0.25) is 24.2 Å². The van der Waals surface area contributed by atoms with Crippen LogP contribution in [0, 0.1) is 11.8 Å². The predicted molar refractivity (Wildman–Crippen MR) is 214 cm³/mol. The van der Waals surface area contributed by atoms with E-state index in [2.05, 4.69) is 27.7 Å². The summed E-state index contributed by atoms with van der Waals surface area (Å²) < 4.78 is 76.5. The van der Waals surface area contributed by atoms with Gasteiger partial charge in [-0.05, 0) is 37.5 Å². The smallest absolute Gasteiger partial charge is 0.378 e. The number of hydrogen-bond acceptors (Lipinski definition) is 14. The molecule has 4 unspecified atom stereocenters. The van der Waals surface area contributed by atoms with E-state index in [0.29, 0.717) is 13.2 Å². The summed E-state index contributed by atoms with van der Waals surface area (Å²) in [5.41, 5.74) is 0. The summed E-state index contributed by atoms with van der Waals surface area (Å²) in [6, 6.07) is 3.37. The first-order chi connectivity index (χ1) is 25.0. The van der Waals surface area contributed by atoms with E-state index in [9.17, 15) is 0 Å². The molecule has 3 fully saturated rings. The molecule has 0 spiro atoms. The Kier molecular flexibility index (Phi) is 29.7. The van der Waals surface area contributed by atoms with Crippen molar-refractivity contribution >= 4 is 35.2 Å². The zero-order valence-corrected chi connectivity index (χ0v) is 38.8. The highest BCUT2D eigenvalue weighted by Gasteiger charge is 2.66. The Hall–Kier alpha value is 0.308. The van der Waals surface area contributed by atoms with Gasteiger partial charge in [-0.3, -0.25) is 0 Å². The Morgan fingerprint density at radius 2 is 0.943 bits per heavy atom. The summed E-state index contributed by atoms with van der Waals surface area (Å²) in [6.07, 6.45) is 11.5. The molecule has 0 amide bonds. The van der Waals surface area contributed by atoms with Crippen molar-refractivity contribution in [1.82, 2.24) is 0 Å². The molecular formula is C35H80O14Si4. The summed E-state index contributed by atoms with van der Waals surface area (Å²) in [5.74, 6) is 1.51. The first kappa shape index (κ1) is 53.3. The summed E-state index contributed by atoms with van der Waals surface area (Å²) in [5, 5.41) is 0. The average molecular weight is 837 g/mol. The SMILES string of the molecule is C.CCCC(CC)CC[Si](OC)(OC)OC.CCCC(CC)CC[Si]1(OC)O[Si](CCCOC2CO2)(OC)O1.CO[Si](CCCOC1CO1)(OC)OC. The van der Waals surface area contributed by atoms with Gasteiger partial charge in [-0.25, -0.2) is 0 Å². The van der Waals surface area contributed by atoms with Crippen LogP contribution in [0.4, 0.5) is 0 Å². The number of rotatable bonds is 30. The predicted octanol–water partition coefficient (Wildman–Crippen LogP) is 7.53. The molecule has 4 atom stereocenters. The van der Waals surface area contributed by atoms with Gasteiger partial charge in [0, 0.05) is 94.3 Å². The van der Waals surface area contributed by atoms with Crippen molar-refractivity contribution < 1.29 is 62.6 Å². The number of epoxide rings is 2. The molecule has 0 N–H and O–H groups in total. The molecule has 0 aromatic rings. The molecule has 0 radical (unpaired) electrons. The van der Waals surface area contributed by atoms with Crippen molar-refractivity contribution in [1.29, 1.82) is 0 Å². The summed E-state index contributed by atoms with van der Waals surface area (Å²) >= 11 is 0. The molecule has 3 aliphatic rings. The Labute approximate surface area is 328 Å². The van der Waals surface area contributed by atoms with Crippen molar-refractivity contribution in [2.75, 3.05) is 83.3 Å². The summed E-state index contributed by atoms with van der Waals surface area (Å²) in [4.78, 5) is 0. The van der Waals surface area contributed by atoms with Crippen LogP contribution in [0.1, 0.15) is 99.3 Å². The molecular weight excluding hydrogens is 757 g/mol. The third-order valence-corrected chi connectivity index (χ3v) is 23.5. The van der Waals surface area contributed by atoms with Crippen molar-refractivity contribution in [2.24, 2.45) is 11.8 Å². The molecule has 3 saturated heterocycles. The van der Waals surface area contributed by atoms with Gasteiger partial charge >= 0.3 is 35.2 Å². The van der Waals surface area contributed by atoms with Gasteiger partial charge in [0.1, 0.15) is 13.2 Å². The van der Waals surface area contributed by atoms with E-state index in [1.807, 2.05) is 0 Å². The van der Waals surface area contributed by atoms with Crippen molar-refractivity contribution in [2.45, 2.75) is 136 Å². The second kappa shape index (κ2) is 29.5. The monoisotopic (exact) mass is 836 g/mol. The van der Waals surface area contributed by atoms with Gasteiger partial charge in [-0.1, -0.05) is 73.6 Å². The van der Waals surface area contributed by atoms with Crippen molar-refractivity contribution in [3.8, 4) is 0 Å². The maximum absolute atomic E-state index is 6.23. The van der Waals surface area contributed by atoms with Crippen LogP contribution in [0.5, 0.6) is 0 Å². The molecule has 14 nitrogen and oxygen atoms in total. The van der Waals surface area contributed by atoms with Crippen molar-refractivity contribution in [3.05, 3.63) is 0 Å². The van der Waals surface area contributed by atoms with Crippen LogP contribution in [-0.2, 0) is 62.6 Å². The third kappa shape index (κ3) is 20.5. The summed E-state index contributed by atoms with van der Waals surface area (Å²) in [7, 11) is 3.56. The minimum Gasteiger partial charge on any atom is -0.378 e.